The van der Waals surface area contributed by atoms with Crippen molar-refractivity contribution in [2.75, 3.05) is 39.8 Å². The van der Waals surface area contributed by atoms with Crippen molar-refractivity contribution in [3.05, 3.63) is 65.0 Å². The van der Waals surface area contributed by atoms with Crippen LogP contribution >= 0.6 is 0 Å². The first-order valence-corrected chi connectivity index (χ1v) is 14.4. The maximum Gasteiger partial charge on any atom is 0.240 e. The van der Waals surface area contributed by atoms with Crippen LogP contribution < -0.4 is 26.4 Å². The van der Waals surface area contributed by atoms with Crippen molar-refractivity contribution < 1.29 is 23.5 Å². The number of hydrogen-bond acceptors (Lipinski definition) is 6. The van der Waals surface area contributed by atoms with Gasteiger partial charge < -0.3 is 31.3 Å². The standard InChI is InChI=1S/C19H27FN4O4.C8H10N2.C4H8/c1-13-19(27)24(2)12-18(26)23-11-17(25)22-7-3-4-14-5-6-15(20)10-16(14)28-9-8-21-13;1-6-4-2-3-5-7(6)8(9)10;1-2-4-3-1/h5-6,10,13,21H,3-4,7-9,11-12H2,1-2H3,(H,22,25)(H,23,26);2-5H,1H3,(H3,9,10);1-4H2. The average molecular weight is 585 g/mol. The fourth-order valence-electron chi connectivity index (χ4n) is 3.95. The Labute approximate surface area is 248 Å². The Morgan fingerprint density at radius 3 is 2.31 bits per heavy atom. The second-order valence-corrected chi connectivity index (χ2v) is 10.3. The lowest BCUT2D eigenvalue weighted by Crippen LogP contribution is -2.48. The fourth-order valence-corrected chi connectivity index (χ4v) is 3.95. The Hall–Kier alpha value is -3.99. The number of nitrogens with two attached hydrogens (primary N) is 1. The SMILES string of the molecule is C1CCC1.CC1NCCOc2cc(F)ccc2CCCNC(=O)CNC(=O)CN(C)C1=O.Cc1ccccc1C(=N)N. The summed E-state index contributed by atoms with van der Waals surface area (Å²) < 4.78 is 19.2. The summed E-state index contributed by atoms with van der Waals surface area (Å²) in [6.07, 6.45) is 7.25. The predicted molar refractivity (Wildman–Crippen MR) is 162 cm³/mol. The molecule has 0 saturated heterocycles. The molecule has 0 spiro atoms. The van der Waals surface area contributed by atoms with Crippen LogP contribution in [0.15, 0.2) is 42.5 Å². The van der Waals surface area contributed by atoms with Gasteiger partial charge in [0, 0.05) is 31.8 Å². The quantitative estimate of drug-likeness (QED) is 0.257. The second-order valence-electron chi connectivity index (χ2n) is 10.3. The summed E-state index contributed by atoms with van der Waals surface area (Å²) in [7, 11) is 1.52. The molecule has 4 rings (SSSR count). The van der Waals surface area contributed by atoms with E-state index in [4.69, 9.17) is 15.9 Å². The molecular formula is C31H45FN6O4. The van der Waals surface area contributed by atoms with Crippen LogP contribution in [0.2, 0.25) is 0 Å². The molecule has 2 aromatic rings. The van der Waals surface area contributed by atoms with Crippen molar-refractivity contribution in [3.8, 4) is 5.75 Å². The molecule has 3 amide bonds. The van der Waals surface area contributed by atoms with Crippen LogP contribution in [0.1, 0.15) is 55.7 Å². The normalized spacial score (nSPS) is 18.4. The van der Waals surface area contributed by atoms with Gasteiger partial charge in [0.2, 0.25) is 17.7 Å². The van der Waals surface area contributed by atoms with Crippen molar-refractivity contribution >= 4 is 23.6 Å². The lowest BCUT2D eigenvalue weighted by atomic mass is 10.0. The first-order valence-electron chi connectivity index (χ1n) is 14.4. The molecule has 1 aliphatic heterocycles. The van der Waals surface area contributed by atoms with Crippen LogP contribution in [0.25, 0.3) is 0 Å². The minimum Gasteiger partial charge on any atom is -0.492 e. The van der Waals surface area contributed by atoms with E-state index in [2.05, 4.69) is 16.0 Å². The lowest BCUT2D eigenvalue weighted by Gasteiger charge is -2.22. The molecule has 1 unspecified atom stereocenters. The van der Waals surface area contributed by atoms with Gasteiger partial charge in [-0.05, 0) is 43.9 Å². The molecule has 11 heteroatoms. The van der Waals surface area contributed by atoms with E-state index in [9.17, 15) is 18.8 Å². The maximum absolute atomic E-state index is 13.6. The molecule has 230 valence electrons. The molecule has 1 fully saturated rings. The number of rotatable bonds is 1. The number of fused-ring (bicyclic) bond motifs is 1. The zero-order valence-electron chi connectivity index (χ0n) is 24.9. The fraction of sp³-hybridized carbons (Fsp3) is 0.484. The van der Waals surface area contributed by atoms with E-state index in [1.165, 1.54) is 49.8 Å². The molecule has 1 aliphatic carbocycles. The highest BCUT2D eigenvalue weighted by Gasteiger charge is 2.19. The van der Waals surface area contributed by atoms with Gasteiger partial charge in [0.25, 0.3) is 0 Å². The van der Waals surface area contributed by atoms with Gasteiger partial charge in [-0.3, -0.25) is 19.8 Å². The molecule has 1 heterocycles. The molecule has 0 bridgehead atoms. The number of amides is 3. The largest absolute Gasteiger partial charge is 0.492 e. The number of ether oxygens (including phenoxy) is 1. The molecule has 1 saturated carbocycles. The van der Waals surface area contributed by atoms with E-state index in [0.717, 1.165) is 16.7 Å². The van der Waals surface area contributed by atoms with Gasteiger partial charge in [-0.2, -0.15) is 0 Å². The number of aryl methyl sites for hydroxylation is 2. The number of benzene rings is 2. The summed E-state index contributed by atoms with van der Waals surface area (Å²) in [5.41, 5.74) is 8.01. The first kappa shape index (κ1) is 34.2. The number of likely N-dealkylation sites (N-methyl/N-ethyl adjacent to an activating group) is 1. The van der Waals surface area contributed by atoms with Gasteiger partial charge in [0.05, 0.1) is 19.1 Å². The summed E-state index contributed by atoms with van der Waals surface area (Å²) in [4.78, 5) is 37.3. The second kappa shape index (κ2) is 18.4. The van der Waals surface area contributed by atoms with E-state index in [-0.39, 0.29) is 43.2 Å². The summed E-state index contributed by atoms with van der Waals surface area (Å²) in [5, 5.41) is 15.4. The van der Waals surface area contributed by atoms with Gasteiger partial charge in [-0.1, -0.05) is 56.0 Å². The third kappa shape index (κ3) is 12.7. The van der Waals surface area contributed by atoms with E-state index >= 15 is 0 Å². The summed E-state index contributed by atoms with van der Waals surface area (Å²) >= 11 is 0. The Morgan fingerprint density at radius 1 is 1.00 bits per heavy atom. The molecule has 1 atom stereocenters. The maximum atomic E-state index is 13.6. The predicted octanol–water partition coefficient (Wildman–Crippen LogP) is 2.66. The van der Waals surface area contributed by atoms with E-state index in [1.807, 2.05) is 31.2 Å². The van der Waals surface area contributed by atoms with Crippen LogP contribution in [0.5, 0.6) is 5.75 Å². The van der Waals surface area contributed by atoms with E-state index < -0.39 is 11.9 Å². The van der Waals surface area contributed by atoms with Gasteiger partial charge in [-0.25, -0.2) is 4.39 Å². The van der Waals surface area contributed by atoms with Crippen molar-refractivity contribution in [2.24, 2.45) is 5.73 Å². The smallest absolute Gasteiger partial charge is 0.240 e. The molecule has 42 heavy (non-hydrogen) atoms. The van der Waals surface area contributed by atoms with Crippen LogP contribution in [0.3, 0.4) is 0 Å². The van der Waals surface area contributed by atoms with Crippen LogP contribution in [0.4, 0.5) is 4.39 Å². The van der Waals surface area contributed by atoms with E-state index in [0.29, 0.717) is 31.7 Å². The van der Waals surface area contributed by atoms with Gasteiger partial charge in [0.15, 0.2) is 0 Å². The molecule has 0 aromatic heterocycles. The van der Waals surface area contributed by atoms with Crippen LogP contribution in [0, 0.1) is 18.2 Å². The third-order valence-corrected chi connectivity index (χ3v) is 6.79. The number of hydrogen-bond donors (Lipinski definition) is 5. The van der Waals surface area contributed by atoms with Gasteiger partial charge >= 0.3 is 0 Å². The topological polar surface area (TPSA) is 150 Å². The first-order chi connectivity index (χ1) is 20.1. The third-order valence-electron chi connectivity index (χ3n) is 6.79. The Morgan fingerprint density at radius 2 is 1.69 bits per heavy atom. The molecular weight excluding hydrogens is 539 g/mol. The molecule has 0 radical (unpaired) electrons. The zero-order chi connectivity index (χ0) is 30.9. The number of halogens is 1. The van der Waals surface area contributed by atoms with Gasteiger partial charge in [0.1, 0.15) is 24.0 Å². The molecule has 10 nitrogen and oxygen atoms in total. The average Bonchev–Trinajstić information content (AvgIpc) is 2.91. The molecule has 6 N–H and O–H groups in total. The highest BCUT2D eigenvalue weighted by molar-refractivity contribution is 5.96. The lowest BCUT2D eigenvalue weighted by molar-refractivity contribution is -0.136. The number of carbonyl (C=O) groups is 3. The van der Waals surface area contributed by atoms with Gasteiger partial charge in [-0.15, -0.1) is 0 Å². The van der Waals surface area contributed by atoms with Crippen LogP contribution in [-0.2, 0) is 20.8 Å². The van der Waals surface area contributed by atoms with Crippen molar-refractivity contribution in [1.82, 2.24) is 20.9 Å². The number of carbonyl (C=O) groups excluding carboxylic acids is 3. The molecule has 2 aromatic carbocycles. The van der Waals surface area contributed by atoms with Crippen molar-refractivity contribution in [2.45, 2.75) is 58.4 Å². The number of nitrogens with zero attached hydrogens (tertiary/aromatic N) is 1. The number of nitrogens with one attached hydrogen (secondary N) is 4. The monoisotopic (exact) mass is 584 g/mol. The Balaban J connectivity index is 0.000000357. The highest BCUT2D eigenvalue weighted by Crippen LogP contribution is 2.21. The van der Waals surface area contributed by atoms with Crippen molar-refractivity contribution in [1.29, 1.82) is 5.41 Å². The minimum atomic E-state index is -0.518. The van der Waals surface area contributed by atoms with Crippen LogP contribution in [-0.4, -0.2) is 74.3 Å². The van der Waals surface area contributed by atoms with E-state index in [1.54, 1.807) is 13.0 Å². The minimum absolute atomic E-state index is 0.137. The summed E-state index contributed by atoms with van der Waals surface area (Å²) in [5.74, 6) is -0.765. The Kier molecular flexibility index (Phi) is 15.0. The highest BCUT2D eigenvalue weighted by atomic mass is 19.1. The Bertz CT molecular complexity index is 1180. The summed E-state index contributed by atoms with van der Waals surface area (Å²) in [6, 6.07) is 11.5. The zero-order valence-corrected chi connectivity index (χ0v) is 24.9. The van der Waals surface area contributed by atoms with Crippen molar-refractivity contribution in [3.63, 3.8) is 0 Å². The number of amidine groups is 1. The molecule has 2 aliphatic rings. The number of nitrogen functional groups attached to an aromatic ring is 1. The summed E-state index contributed by atoms with van der Waals surface area (Å²) in [6.45, 7) is 4.41.